The summed E-state index contributed by atoms with van der Waals surface area (Å²) in [5.41, 5.74) is -0.561. The second-order valence-electron chi connectivity index (χ2n) is 10.4. The van der Waals surface area contributed by atoms with E-state index in [4.69, 9.17) is 4.74 Å². The lowest BCUT2D eigenvalue weighted by Gasteiger charge is -2.38. The van der Waals surface area contributed by atoms with Gasteiger partial charge in [-0.15, -0.1) is 0 Å². The fourth-order valence-electron chi connectivity index (χ4n) is 5.65. The van der Waals surface area contributed by atoms with Crippen molar-refractivity contribution in [2.75, 3.05) is 54.0 Å². The number of halogens is 3. The largest absolute Gasteiger partial charge is 0.478 e. The van der Waals surface area contributed by atoms with E-state index in [1.807, 2.05) is 0 Å². The molecule has 10 nitrogen and oxygen atoms in total. The molecule has 0 radical (unpaired) electrons. The summed E-state index contributed by atoms with van der Waals surface area (Å²) in [7, 11) is 0. The van der Waals surface area contributed by atoms with Gasteiger partial charge in [0.15, 0.2) is 5.82 Å². The van der Waals surface area contributed by atoms with Gasteiger partial charge in [0, 0.05) is 50.1 Å². The van der Waals surface area contributed by atoms with E-state index in [1.165, 1.54) is 34.9 Å². The van der Waals surface area contributed by atoms with Crippen LogP contribution in [0.15, 0.2) is 35.9 Å². The SMILES string of the molecule is CCC1C=C(C(=O)O)C(=O)c2cc(F)c(N3CCN(c4ccc(N5C[C@H](CNC(C)=O)OC5=O)cc4F)CC3)c(F)c21. The first-order chi connectivity index (χ1) is 20.0. The third-order valence-corrected chi connectivity index (χ3v) is 7.76. The van der Waals surface area contributed by atoms with Crippen molar-refractivity contribution in [2.24, 2.45) is 0 Å². The molecule has 2 heterocycles. The quantitative estimate of drug-likeness (QED) is 0.473. The highest BCUT2D eigenvalue weighted by Crippen LogP contribution is 2.40. The molecule has 0 aromatic heterocycles. The smallest absolute Gasteiger partial charge is 0.414 e. The first-order valence-electron chi connectivity index (χ1n) is 13.5. The van der Waals surface area contributed by atoms with Crippen LogP contribution in [-0.4, -0.2) is 74.2 Å². The molecule has 1 aliphatic carbocycles. The summed E-state index contributed by atoms with van der Waals surface area (Å²) in [4.78, 5) is 52.1. The average Bonchev–Trinajstić information content (AvgIpc) is 3.33. The van der Waals surface area contributed by atoms with Gasteiger partial charge in [0.05, 0.1) is 24.5 Å². The average molecular weight is 587 g/mol. The Morgan fingerprint density at radius 2 is 1.74 bits per heavy atom. The Hall–Kier alpha value is -4.55. The molecule has 2 fully saturated rings. The minimum absolute atomic E-state index is 0.0206. The van der Waals surface area contributed by atoms with Crippen molar-refractivity contribution in [1.82, 2.24) is 5.32 Å². The van der Waals surface area contributed by atoms with Crippen LogP contribution in [0.1, 0.15) is 42.1 Å². The molecule has 13 heteroatoms. The Kier molecular flexibility index (Phi) is 7.85. The number of aliphatic carboxylic acids is 1. The number of carbonyl (C=O) groups is 4. The molecule has 0 spiro atoms. The van der Waals surface area contributed by atoms with Crippen LogP contribution in [0.3, 0.4) is 0 Å². The lowest BCUT2D eigenvalue weighted by Crippen LogP contribution is -2.47. The van der Waals surface area contributed by atoms with Gasteiger partial charge in [0.2, 0.25) is 11.7 Å². The topological polar surface area (TPSA) is 119 Å². The van der Waals surface area contributed by atoms with E-state index in [0.29, 0.717) is 12.1 Å². The highest BCUT2D eigenvalue weighted by molar-refractivity contribution is 6.25. The molecule has 2 atom stereocenters. The summed E-state index contributed by atoms with van der Waals surface area (Å²) in [5, 5.41) is 11.9. The number of amides is 2. The molecule has 2 aromatic rings. The highest BCUT2D eigenvalue weighted by atomic mass is 19.1. The van der Waals surface area contributed by atoms with Crippen LogP contribution < -0.4 is 20.0 Å². The van der Waals surface area contributed by atoms with E-state index >= 15 is 13.2 Å². The summed E-state index contributed by atoms with van der Waals surface area (Å²) in [6, 6.07) is 5.23. The second-order valence-corrected chi connectivity index (χ2v) is 10.4. The van der Waals surface area contributed by atoms with Gasteiger partial charge in [-0.25, -0.2) is 22.8 Å². The Morgan fingerprint density at radius 1 is 1.05 bits per heavy atom. The number of hydrogen-bond acceptors (Lipinski definition) is 7. The molecule has 0 bridgehead atoms. The summed E-state index contributed by atoms with van der Waals surface area (Å²) < 4.78 is 51.5. The standard InChI is InChI=1S/C29H29F3N4O6/c1-3-16-10-20(28(39)40)27(38)19-12-22(31)26(25(32)24(16)19)35-8-6-34(7-9-35)23-5-4-17(11-21(23)30)36-14-18(42-29(36)41)13-33-15(2)37/h4-5,10-12,16,18H,3,6-9,13-14H2,1-2H3,(H,33,37)(H,39,40)/t16?,18-/m0/s1. The van der Waals surface area contributed by atoms with Crippen LogP contribution in [0.5, 0.6) is 0 Å². The molecule has 42 heavy (non-hydrogen) atoms. The van der Waals surface area contributed by atoms with E-state index < -0.39 is 52.9 Å². The lowest BCUT2D eigenvalue weighted by molar-refractivity contribution is -0.132. The predicted octanol–water partition coefficient (Wildman–Crippen LogP) is 3.59. The van der Waals surface area contributed by atoms with Crippen LogP contribution in [0.25, 0.3) is 0 Å². The monoisotopic (exact) mass is 586 g/mol. The number of ketones is 1. The molecule has 1 unspecified atom stereocenters. The minimum Gasteiger partial charge on any atom is -0.478 e. The number of carboxylic acid groups (broad SMARTS) is 1. The van der Waals surface area contributed by atoms with Crippen LogP contribution in [-0.2, 0) is 14.3 Å². The van der Waals surface area contributed by atoms with Gasteiger partial charge in [-0.3, -0.25) is 14.5 Å². The van der Waals surface area contributed by atoms with Gasteiger partial charge in [0.25, 0.3) is 0 Å². The van der Waals surface area contributed by atoms with Crippen LogP contribution >= 0.6 is 0 Å². The number of piperazine rings is 1. The minimum atomic E-state index is -1.45. The number of rotatable bonds is 7. The molecular weight excluding hydrogens is 557 g/mol. The summed E-state index contributed by atoms with van der Waals surface area (Å²) in [6.45, 7) is 4.12. The van der Waals surface area contributed by atoms with Gasteiger partial charge >= 0.3 is 12.1 Å². The number of benzene rings is 2. The fraction of sp³-hybridized carbons (Fsp3) is 0.379. The molecule has 2 aromatic carbocycles. The second kappa shape index (κ2) is 11.4. The van der Waals surface area contributed by atoms with Crippen LogP contribution in [0.4, 0.5) is 35.0 Å². The first kappa shape index (κ1) is 29.0. The number of anilines is 3. The summed E-state index contributed by atoms with van der Waals surface area (Å²) in [5.74, 6) is -5.80. The van der Waals surface area contributed by atoms with E-state index in [-0.39, 0.29) is 67.7 Å². The molecule has 2 N–H and O–H groups in total. The van der Waals surface area contributed by atoms with Crippen molar-refractivity contribution in [3.63, 3.8) is 0 Å². The van der Waals surface area contributed by atoms with Gasteiger partial charge in [-0.2, -0.15) is 0 Å². The zero-order valence-electron chi connectivity index (χ0n) is 23.0. The van der Waals surface area contributed by atoms with Crippen molar-refractivity contribution < 1.29 is 42.2 Å². The third kappa shape index (κ3) is 5.26. The Labute approximate surface area is 239 Å². The number of carbonyl (C=O) groups excluding carboxylic acids is 3. The number of fused-ring (bicyclic) bond motifs is 1. The van der Waals surface area contributed by atoms with E-state index in [0.717, 1.165) is 6.07 Å². The fourth-order valence-corrected chi connectivity index (χ4v) is 5.65. The zero-order valence-corrected chi connectivity index (χ0v) is 23.0. The van der Waals surface area contributed by atoms with Crippen LogP contribution in [0.2, 0.25) is 0 Å². The van der Waals surface area contributed by atoms with Crippen molar-refractivity contribution in [1.29, 1.82) is 0 Å². The number of cyclic esters (lactones) is 1. The molecule has 2 saturated heterocycles. The number of hydrogen-bond donors (Lipinski definition) is 2. The maximum Gasteiger partial charge on any atom is 0.414 e. The molecule has 3 aliphatic rings. The maximum absolute atomic E-state index is 15.8. The van der Waals surface area contributed by atoms with Gasteiger partial charge in [-0.1, -0.05) is 13.0 Å². The van der Waals surface area contributed by atoms with Crippen molar-refractivity contribution >= 4 is 40.8 Å². The van der Waals surface area contributed by atoms with E-state index in [1.54, 1.807) is 17.9 Å². The maximum atomic E-state index is 15.8. The number of nitrogens with zero attached hydrogens (tertiary/aromatic N) is 3. The lowest BCUT2D eigenvalue weighted by atomic mass is 9.81. The third-order valence-electron chi connectivity index (χ3n) is 7.76. The number of allylic oxidation sites excluding steroid dienone is 1. The van der Waals surface area contributed by atoms with Crippen molar-refractivity contribution in [2.45, 2.75) is 32.3 Å². The molecular formula is C29H29F3N4O6. The van der Waals surface area contributed by atoms with E-state index in [9.17, 15) is 24.3 Å². The van der Waals surface area contributed by atoms with Gasteiger partial charge < -0.3 is 25.0 Å². The first-order valence-corrected chi connectivity index (χ1v) is 13.5. The molecule has 222 valence electrons. The number of Topliss-reactive ketones (excluding diaryl/α,β-unsaturated/α-hetero) is 1. The molecule has 5 rings (SSSR count). The number of carboxylic acids is 1. The normalized spacial score (nSPS) is 20.3. The van der Waals surface area contributed by atoms with Crippen molar-refractivity contribution in [3.05, 3.63) is 64.5 Å². The molecule has 2 aliphatic heterocycles. The Balaban J connectivity index is 1.30. The Bertz CT molecular complexity index is 1500. The summed E-state index contributed by atoms with van der Waals surface area (Å²) >= 11 is 0. The molecule has 2 amide bonds. The Morgan fingerprint density at radius 3 is 2.36 bits per heavy atom. The van der Waals surface area contributed by atoms with Crippen molar-refractivity contribution in [3.8, 4) is 0 Å². The van der Waals surface area contributed by atoms with Crippen LogP contribution in [0, 0.1) is 17.5 Å². The van der Waals surface area contributed by atoms with Gasteiger partial charge in [0.1, 0.15) is 29.0 Å². The van der Waals surface area contributed by atoms with E-state index in [2.05, 4.69) is 5.32 Å². The van der Waals surface area contributed by atoms with Gasteiger partial charge in [-0.05, 0) is 30.7 Å². The molecule has 0 saturated carbocycles. The number of ether oxygens (including phenoxy) is 1. The highest BCUT2D eigenvalue weighted by Gasteiger charge is 2.37. The zero-order chi connectivity index (χ0) is 30.3. The summed E-state index contributed by atoms with van der Waals surface area (Å²) in [6.07, 6.45) is 0.310. The number of nitrogens with one attached hydrogen (secondary N) is 1. The predicted molar refractivity (Wildman–Crippen MR) is 147 cm³/mol.